The summed E-state index contributed by atoms with van der Waals surface area (Å²) in [4.78, 5) is 10.3. The standard InChI is InChI=1S/C9H6ClF3O2/c10-7-2-5(3-8(14)15)1-6(4-7)9(11,12)13/h1-2,4H,3H2,(H,14,15). The van der Waals surface area contributed by atoms with E-state index in [1.165, 1.54) is 6.07 Å². The molecule has 0 bridgehead atoms. The molecule has 0 unspecified atom stereocenters. The molecule has 1 rings (SSSR count). The van der Waals surface area contributed by atoms with E-state index < -0.39 is 24.1 Å². The fraction of sp³-hybridized carbons (Fsp3) is 0.222. The van der Waals surface area contributed by atoms with Crippen molar-refractivity contribution < 1.29 is 23.1 Å². The number of halogens is 4. The summed E-state index contributed by atoms with van der Waals surface area (Å²) in [7, 11) is 0. The van der Waals surface area contributed by atoms with Crippen molar-refractivity contribution in [1.82, 2.24) is 0 Å². The number of carboxylic acid groups (broad SMARTS) is 1. The fourth-order valence-corrected chi connectivity index (χ4v) is 1.35. The molecule has 0 aliphatic heterocycles. The number of alkyl halides is 3. The summed E-state index contributed by atoms with van der Waals surface area (Å²) in [5.41, 5.74) is -0.909. The third kappa shape index (κ3) is 3.43. The fourth-order valence-electron chi connectivity index (χ4n) is 1.09. The van der Waals surface area contributed by atoms with Gasteiger partial charge in [0, 0.05) is 5.02 Å². The summed E-state index contributed by atoms with van der Waals surface area (Å²) in [6.45, 7) is 0. The van der Waals surface area contributed by atoms with Gasteiger partial charge in [0.25, 0.3) is 0 Å². The lowest BCUT2D eigenvalue weighted by Gasteiger charge is -2.08. The summed E-state index contributed by atoms with van der Waals surface area (Å²) in [6.07, 6.45) is -5.00. The van der Waals surface area contributed by atoms with Gasteiger partial charge in [-0.3, -0.25) is 4.79 Å². The summed E-state index contributed by atoms with van der Waals surface area (Å²) >= 11 is 5.45. The minimum Gasteiger partial charge on any atom is -0.481 e. The first-order valence-electron chi connectivity index (χ1n) is 3.87. The first kappa shape index (κ1) is 11.8. The third-order valence-electron chi connectivity index (χ3n) is 1.64. The van der Waals surface area contributed by atoms with Crippen LogP contribution < -0.4 is 0 Å². The van der Waals surface area contributed by atoms with Crippen LogP contribution in [0.3, 0.4) is 0 Å². The zero-order valence-electron chi connectivity index (χ0n) is 7.31. The number of aliphatic carboxylic acids is 1. The maximum atomic E-state index is 12.3. The normalized spacial score (nSPS) is 11.5. The molecule has 1 N–H and O–H groups in total. The first-order chi connectivity index (χ1) is 6.79. The lowest BCUT2D eigenvalue weighted by molar-refractivity contribution is -0.138. The highest BCUT2D eigenvalue weighted by molar-refractivity contribution is 6.30. The second-order valence-corrected chi connectivity index (χ2v) is 3.35. The number of rotatable bonds is 2. The average molecular weight is 239 g/mol. The van der Waals surface area contributed by atoms with Gasteiger partial charge in [-0.2, -0.15) is 13.2 Å². The van der Waals surface area contributed by atoms with Gasteiger partial charge in [-0.05, 0) is 23.8 Å². The Hall–Kier alpha value is -1.23. The van der Waals surface area contributed by atoms with Gasteiger partial charge in [0.15, 0.2) is 0 Å². The lowest BCUT2D eigenvalue weighted by atomic mass is 10.1. The molecule has 1 aromatic carbocycles. The zero-order chi connectivity index (χ0) is 11.6. The molecule has 6 heteroatoms. The first-order valence-corrected chi connectivity index (χ1v) is 4.25. The minimum absolute atomic E-state index is 0.0299. The summed E-state index contributed by atoms with van der Waals surface area (Å²) in [5, 5.41) is 8.30. The smallest absolute Gasteiger partial charge is 0.416 e. The third-order valence-corrected chi connectivity index (χ3v) is 1.86. The summed E-state index contributed by atoms with van der Waals surface area (Å²) in [6, 6.07) is 2.73. The molecule has 0 aliphatic carbocycles. The molecular formula is C9H6ClF3O2. The van der Waals surface area contributed by atoms with Crippen LogP contribution in [0.2, 0.25) is 5.02 Å². The maximum Gasteiger partial charge on any atom is 0.416 e. The van der Waals surface area contributed by atoms with Crippen molar-refractivity contribution in [2.75, 3.05) is 0 Å². The molecule has 0 saturated carbocycles. The zero-order valence-corrected chi connectivity index (χ0v) is 8.06. The van der Waals surface area contributed by atoms with Gasteiger partial charge in [-0.1, -0.05) is 11.6 Å². The molecule has 0 fully saturated rings. The van der Waals surface area contributed by atoms with E-state index in [1.54, 1.807) is 0 Å². The molecule has 0 aromatic heterocycles. The molecule has 0 aliphatic rings. The van der Waals surface area contributed by atoms with Crippen LogP contribution in [0.4, 0.5) is 13.2 Å². The number of benzene rings is 1. The van der Waals surface area contributed by atoms with Crippen molar-refractivity contribution in [3.8, 4) is 0 Å². The van der Waals surface area contributed by atoms with E-state index in [1.807, 2.05) is 0 Å². The molecule has 0 radical (unpaired) electrons. The van der Waals surface area contributed by atoms with Gasteiger partial charge >= 0.3 is 12.1 Å². The molecule has 0 atom stereocenters. The number of carboxylic acids is 1. The van der Waals surface area contributed by atoms with Crippen LogP contribution in [0.25, 0.3) is 0 Å². The van der Waals surface area contributed by atoms with Crippen LogP contribution in [-0.2, 0) is 17.4 Å². The Morgan fingerprint density at radius 1 is 1.33 bits per heavy atom. The van der Waals surface area contributed by atoms with Gasteiger partial charge in [-0.25, -0.2) is 0 Å². The Morgan fingerprint density at radius 2 is 1.93 bits per heavy atom. The molecule has 0 spiro atoms. The van der Waals surface area contributed by atoms with Crippen LogP contribution in [0, 0.1) is 0 Å². The Kier molecular flexibility index (Phi) is 3.24. The molecular weight excluding hydrogens is 233 g/mol. The summed E-state index contributed by atoms with van der Waals surface area (Å²) in [5.74, 6) is -1.20. The Balaban J connectivity index is 3.11. The van der Waals surface area contributed by atoms with Crippen LogP contribution in [0.1, 0.15) is 11.1 Å². The number of hydrogen-bond acceptors (Lipinski definition) is 1. The predicted molar refractivity (Wildman–Crippen MR) is 47.8 cm³/mol. The number of hydrogen-bond donors (Lipinski definition) is 1. The molecule has 0 amide bonds. The highest BCUT2D eigenvalue weighted by Gasteiger charge is 2.31. The lowest BCUT2D eigenvalue weighted by Crippen LogP contribution is -2.07. The topological polar surface area (TPSA) is 37.3 Å². The molecule has 0 heterocycles. The van der Waals surface area contributed by atoms with Gasteiger partial charge < -0.3 is 5.11 Å². The highest BCUT2D eigenvalue weighted by atomic mass is 35.5. The van der Waals surface area contributed by atoms with Crippen molar-refractivity contribution in [2.24, 2.45) is 0 Å². The predicted octanol–water partition coefficient (Wildman–Crippen LogP) is 2.99. The summed E-state index contributed by atoms with van der Waals surface area (Å²) < 4.78 is 36.8. The largest absolute Gasteiger partial charge is 0.481 e. The van der Waals surface area contributed by atoms with Gasteiger partial charge in [0.05, 0.1) is 12.0 Å². The van der Waals surface area contributed by atoms with E-state index in [-0.39, 0.29) is 10.6 Å². The van der Waals surface area contributed by atoms with Gasteiger partial charge in [-0.15, -0.1) is 0 Å². The Labute approximate surface area is 88.3 Å². The van der Waals surface area contributed by atoms with Gasteiger partial charge in [0.2, 0.25) is 0 Å². The Morgan fingerprint density at radius 3 is 2.40 bits per heavy atom. The van der Waals surface area contributed by atoms with Crippen molar-refractivity contribution in [2.45, 2.75) is 12.6 Å². The SMILES string of the molecule is O=C(O)Cc1cc(Cl)cc(C(F)(F)F)c1. The number of carbonyl (C=O) groups is 1. The monoisotopic (exact) mass is 238 g/mol. The van der Waals surface area contributed by atoms with Crippen molar-refractivity contribution in [3.05, 3.63) is 34.3 Å². The van der Waals surface area contributed by atoms with E-state index in [4.69, 9.17) is 16.7 Å². The van der Waals surface area contributed by atoms with Crippen molar-refractivity contribution in [3.63, 3.8) is 0 Å². The molecule has 1 aromatic rings. The highest BCUT2D eigenvalue weighted by Crippen LogP contribution is 2.31. The quantitative estimate of drug-likeness (QED) is 0.860. The second kappa shape index (κ2) is 4.10. The molecule has 0 saturated heterocycles. The van der Waals surface area contributed by atoms with E-state index in [2.05, 4.69) is 0 Å². The van der Waals surface area contributed by atoms with Crippen LogP contribution in [-0.4, -0.2) is 11.1 Å². The second-order valence-electron chi connectivity index (χ2n) is 2.92. The average Bonchev–Trinajstić information content (AvgIpc) is 1.99. The molecule has 2 nitrogen and oxygen atoms in total. The van der Waals surface area contributed by atoms with E-state index in [9.17, 15) is 18.0 Å². The Bertz CT molecular complexity index is 387. The van der Waals surface area contributed by atoms with Crippen LogP contribution in [0.5, 0.6) is 0 Å². The van der Waals surface area contributed by atoms with E-state index >= 15 is 0 Å². The molecule has 15 heavy (non-hydrogen) atoms. The minimum atomic E-state index is -4.52. The maximum absolute atomic E-state index is 12.3. The van der Waals surface area contributed by atoms with Crippen LogP contribution >= 0.6 is 11.6 Å². The van der Waals surface area contributed by atoms with Crippen molar-refractivity contribution in [1.29, 1.82) is 0 Å². The van der Waals surface area contributed by atoms with Crippen LogP contribution in [0.15, 0.2) is 18.2 Å². The van der Waals surface area contributed by atoms with E-state index in [0.717, 1.165) is 12.1 Å². The van der Waals surface area contributed by atoms with Crippen molar-refractivity contribution >= 4 is 17.6 Å². The molecule has 82 valence electrons. The van der Waals surface area contributed by atoms with Gasteiger partial charge in [0.1, 0.15) is 0 Å². The van der Waals surface area contributed by atoms with E-state index in [0.29, 0.717) is 0 Å².